The number of thiol groups is 2. The van der Waals surface area contributed by atoms with Crippen molar-refractivity contribution in [2.75, 3.05) is 11.5 Å². The molecule has 93 valence electrons. The van der Waals surface area contributed by atoms with Crippen LogP contribution in [0.5, 0.6) is 0 Å². The SMILES string of the molecule is [Cu+2].[NH-]C(CS)C(=O)[O-].[NH-]C(CS)C(=O)[O-]. The van der Waals surface area contributed by atoms with Crippen molar-refractivity contribution in [1.82, 2.24) is 0 Å². The Morgan fingerprint density at radius 1 is 1.00 bits per heavy atom. The van der Waals surface area contributed by atoms with Crippen LogP contribution in [-0.4, -0.2) is 35.5 Å². The molecule has 0 aromatic carbocycles. The van der Waals surface area contributed by atoms with Crippen LogP contribution in [0.4, 0.5) is 0 Å². The van der Waals surface area contributed by atoms with E-state index in [0.717, 1.165) is 0 Å². The van der Waals surface area contributed by atoms with Gasteiger partial charge in [0.2, 0.25) is 0 Å². The predicted molar refractivity (Wildman–Crippen MR) is 53.9 cm³/mol. The maximum atomic E-state index is 9.58. The fourth-order valence-electron chi connectivity index (χ4n) is 0.149. The third-order valence-corrected chi connectivity index (χ3v) is 1.66. The molecule has 0 aliphatic heterocycles. The second kappa shape index (κ2) is 12.2. The van der Waals surface area contributed by atoms with Gasteiger partial charge in [-0.05, 0) is 11.5 Å². The van der Waals surface area contributed by atoms with Crippen molar-refractivity contribution in [3.63, 3.8) is 0 Å². The number of carboxylic acids is 2. The van der Waals surface area contributed by atoms with Crippen molar-refractivity contribution < 1.29 is 36.9 Å². The van der Waals surface area contributed by atoms with E-state index in [1.165, 1.54) is 0 Å². The molecular weight excluding hydrogens is 292 g/mol. The zero-order valence-electron chi connectivity index (χ0n) is 7.40. The Hall–Kier alpha value is 0.0795. The number of rotatable bonds is 4. The van der Waals surface area contributed by atoms with Gasteiger partial charge in [0.25, 0.3) is 0 Å². The van der Waals surface area contributed by atoms with Crippen LogP contribution in [0.25, 0.3) is 11.5 Å². The standard InChI is InChI=1S/2C3H6NO2S.Cu/c2*4-2(1-7)3(5)6;/h2*2,4,7H,1H2,(H,5,6);/q2*-1;+2/p-2. The number of hydrogen-bond donors (Lipinski definition) is 2. The molecule has 0 saturated heterocycles. The Balaban J connectivity index is -0.000000180. The van der Waals surface area contributed by atoms with E-state index in [1.54, 1.807) is 0 Å². The number of carbonyl (C=O) groups is 2. The summed E-state index contributed by atoms with van der Waals surface area (Å²) in [6.07, 6.45) is 0. The van der Waals surface area contributed by atoms with Crippen LogP contribution in [0, 0.1) is 0 Å². The summed E-state index contributed by atoms with van der Waals surface area (Å²) in [6.45, 7) is 0. The Bertz CT molecular complexity index is 176. The maximum Gasteiger partial charge on any atom is 2.00 e. The Labute approximate surface area is 109 Å². The molecule has 0 bridgehead atoms. The first-order valence-corrected chi connectivity index (χ1v) is 4.69. The summed E-state index contributed by atoms with van der Waals surface area (Å²) in [5.74, 6) is -2.70. The molecule has 0 amide bonds. The molecule has 15 heavy (non-hydrogen) atoms. The molecule has 1 radical (unpaired) electrons. The minimum Gasteiger partial charge on any atom is -0.669 e. The van der Waals surface area contributed by atoms with Gasteiger partial charge in [0.05, 0.1) is 0 Å². The molecule has 9 heteroatoms. The second-order valence-corrected chi connectivity index (χ2v) is 2.84. The van der Waals surface area contributed by atoms with E-state index in [1.807, 2.05) is 0 Å². The van der Waals surface area contributed by atoms with Crippen molar-refractivity contribution in [3.05, 3.63) is 11.5 Å². The van der Waals surface area contributed by atoms with E-state index in [4.69, 9.17) is 11.5 Å². The molecule has 0 aromatic rings. The van der Waals surface area contributed by atoms with Crippen molar-refractivity contribution in [2.24, 2.45) is 0 Å². The van der Waals surface area contributed by atoms with Gasteiger partial charge in [-0.2, -0.15) is 25.3 Å². The third kappa shape index (κ3) is 14.1. The van der Waals surface area contributed by atoms with Crippen LogP contribution < -0.4 is 10.2 Å². The molecule has 0 spiro atoms. The van der Waals surface area contributed by atoms with E-state index < -0.39 is 24.0 Å². The molecule has 0 rings (SSSR count). The molecule has 0 saturated carbocycles. The molecular formula is C6H10CuN2O4S2-2. The first kappa shape index (κ1) is 20.5. The number of carbonyl (C=O) groups excluding carboxylic acids is 2. The molecule has 2 unspecified atom stereocenters. The van der Waals surface area contributed by atoms with E-state index in [-0.39, 0.29) is 28.6 Å². The van der Waals surface area contributed by atoms with E-state index in [0.29, 0.717) is 0 Å². The molecule has 0 aliphatic rings. The van der Waals surface area contributed by atoms with Crippen LogP contribution in [0.2, 0.25) is 0 Å². The van der Waals surface area contributed by atoms with Crippen LogP contribution >= 0.6 is 25.3 Å². The van der Waals surface area contributed by atoms with Gasteiger partial charge in [-0.25, -0.2) is 0 Å². The van der Waals surface area contributed by atoms with Gasteiger partial charge in [-0.15, -0.1) is 0 Å². The number of aliphatic carboxylic acids is 2. The molecule has 0 fully saturated rings. The Morgan fingerprint density at radius 3 is 1.20 bits per heavy atom. The van der Waals surface area contributed by atoms with Gasteiger partial charge < -0.3 is 31.3 Å². The molecule has 2 N–H and O–H groups in total. The van der Waals surface area contributed by atoms with Gasteiger partial charge in [0.15, 0.2) is 0 Å². The first-order chi connectivity index (χ1) is 6.36. The van der Waals surface area contributed by atoms with E-state index in [9.17, 15) is 19.8 Å². The molecule has 0 aliphatic carbocycles. The summed E-state index contributed by atoms with van der Waals surface area (Å²) in [4.78, 5) is 19.2. The quantitative estimate of drug-likeness (QED) is 0.467. The van der Waals surface area contributed by atoms with Crippen molar-refractivity contribution in [1.29, 1.82) is 0 Å². The van der Waals surface area contributed by atoms with Crippen LogP contribution in [0.15, 0.2) is 0 Å². The molecule has 0 heterocycles. The van der Waals surface area contributed by atoms with Crippen LogP contribution in [0.3, 0.4) is 0 Å². The largest absolute Gasteiger partial charge is 2.00 e. The number of carboxylic acid groups (broad SMARTS) is 2. The Morgan fingerprint density at radius 2 is 1.20 bits per heavy atom. The summed E-state index contributed by atoms with van der Waals surface area (Å²) in [5, 5.41) is 19.2. The summed E-state index contributed by atoms with van der Waals surface area (Å²) in [7, 11) is 0. The van der Waals surface area contributed by atoms with Gasteiger partial charge in [-0.1, -0.05) is 12.1 Å². The fraction of sp³-hybridized carbons (Fsp3) is 0.667. The summed E-state index contributed by atoms with van der Waals surface area (Å²) in [5.41, 5.74) is 13.1. The van der Waals surface area contributed by atoms with Crippen molar-refractivity contribution in [3.8, 4) is 0 Å². The van der Waals surface area contributed by atoms with Crippen molar-refractivity contribution in [2.45, 2.75) is 12.1 Å². The van der Waals surface area contributed by atoms with Crippen molar-refractivity contribution >= 4 is 37.2 Å². The smallest absolute Gasteiger partial charge is 0.669 e. The van der Waals surface area contributed by atoms with E-state index in [2.05, 4.69) is 25.3 Å². The zero-order valence-corrected chi connectivity index (χ0v) is 10.1. The summed E-state index contributed by atoms with van der Waals surface area (Å²) in [6, 6.07) is -2.35. The van der Waals surface area contributed by atoms with E-state index >= 15 is 0 Å². The predicted octanol–water partition coefficient (Wildman–Crippen LogP) is -1.83. The van der Waals surface area contributed by atoms with Gasteiger partial charge in [0, 0.05) is 11.9 Å². The van der Waals surface area contributed by atoms with Crippen LogP contribution in [0.1, 0.15) is 0 Å². The topological polar surface area (TPSA) is 128 Å². The fourth-order valence-corrected chi connectivity index (χ4v) is 0.447. The summed E-state index contributed by atoms with van der Waals surface area (Å²) >= 11 is 7.09. The maximum absolute atomic E-state index is 9.58. The zero-order chi connectivity index (χ0) is 11.7. The molecule has 0 aromatic heterocycles. The normalized spacial score (nSPS) is 12.5. The first-order valence-electron chi connectivity index (χ1n) is 3.42. The third-order valence-electron chi connectivity index (χ3n) is 0.934. The second-order valence-electron chi connectivity index (χ2n) is 2.11. The minimum absolute atomic E-state index is 0. The monoisotopic (exact) mass is 301 g/mol. The minimum atomic E-state index is -1.37. The average molecular weight is 302 g/mol. The van der Waals surface area contributed by atoms with Gasteiger partial charge in [0.1, 0.15) is 0 Å². The molecule has 6 nitrogen and oxygen atoms in total. The Kier molecular flexibility index (Phi) is 16.6. The average Bonchev–Trinajstić information content (AvgIpc) is 2.15. The van der Waals surface area contributed by atoms with Gasteiger partial charge in [-0.3, -0.25) is 0 Å². The summed E-state index contributed by atoms with van der Waals surface area (Å²) < 4.78 is 0. The van der Waals surface area contributed by atoms with Crippen LogP contribution in [-0.2, 0) is 26.7 Å². The van der Waals surface area contributed by atoms with Gasteiger partial charge >= 0.3 is 17.1 Å². The number of hydrogen-bond acceptors (Lipinski definition) is 6. The number of nitrogens with one attached hydrogen (secondary N) is 2. The molecule has 2 atom stereocenters.